The fourth-order valence-electron chi connectivity index (χ4n) is 1.94. The quantitative estimate of drug-likeness (QED) is 0.763. The number of rotatable bonds is 2. The van der Waals surface area contributed by atoms with E-state index in [9.17, 15) is 0 Å². The normalized spacial score (nSPS) is 21.9. The fourth-order valence-corrected chi connectivity index (χ4v) is 1.94. The van der Waals surface area contributed by atoms with Crippen molar-refractivity contribution in [3.05, 3.63) is 24.5 Å². The third kappa shape index (κ3) is 2.04. The van der Waals surface area contributed by atoms with E-state index >= 15 is 0 Å². The Morgan fingerprint density at radius 2 is 2.50 bits per heavy atom. The number of hydrogen-bond donors (Lipinski definition) is 1. The average molecular weight is 191 g/mol. The van der Waals surface area contributed by atoms with Gasteiger partial charge in [-0.2, -0.15) is 0 Å². The van der Waals surface area contributed by atoms with Crippen LogP contribution in [0.4, 0.5) is 5.69 Å². The van der Waals surface area contributed by atoms with Crippen LogP contribution in [-0.2, 0) is 0 Å². The zero-order valence-corrected chi connectivity index (χ0v) is 8.61. The summed E-state index contributed by atoms with van der Waals surface area (Å²) < 4.78 is 0. The molecule has 1 saturated heterocycles. The molecule has 0 aliphatic carbocycles. The van der Waals surface area contributed by atoms with Crippen molar-refractivity contribution in [3.8, 4) is 0 Å². The number of hydrogen-bond acceptors (Lipinski definition) is 3. The van der Waals surface area contributed by atoms with E-state index in [1.165, 1.54) is 18.5 Å². The maximum absolute atomic E-state index is 4.14. The van der Waals surface area contributed by atoms with Gasteiger partial charge in [0.05, 0.1) is 11.9 Å². The Morgan fingerprint density at radius 1 is 1.57 bits per heavy atom. The summed E-state index contributed by atoms with van der Waals surface area (Å²) in [6, 6.07) is 4.72. The SMILES string of the molecule is CN(c1cccnc1)C1CCCNC1. The second-order valence-electron chi connectivity index (χ2n) is 3.82. The van der Waals surface area contributed by atoms with Gasteiger partial charge in [0.1, 0.15) is 0 Å². The average Bonchev–Trinajstić information content (AvgIpc) is 2.30. The summed E-state index contributed by atoms with van der Waals surface area (Å²) in [5, 5.41) is 3.42. The molecule has 76 valence electrons. The smallest absolute Gasteiger partial charge is 0.0553 e. The minimum atomic E-state index is 0.618. The van der Waals surface area contributed by atoms with Gasteiger partial charge in [-0.3, -0.25) is 4.98 Å². The maximum atomic E-state index is 4.14. The lowest BCUT2D eigenvalue weighted by atomic mass is 10.1. The van der Waals surface area contributed by atoms with Gasteiger partial charge in [0.2, 0.25) is 0 Å². The first-order valence-electron chi connectivity index (χ1n) is 5.21. The van der Waals surface area contributed by atoms with Gasteiger partial charge in [-0.05, 0) is 31.5 Å². The van der Waals surface area contributed by atoms with Crippen molar-refractivity contribution >= 4 is 5.69 Å². The second kappa shape index (κ2) is 4.42. The molecular weight excluding hydrogens is 174 g/mol. The van der Waals surface area contributed by atoms with Crippen molar-refractivity contribution in [2.75, 3.05) is 25.0 Å². The number of nitrogens with zero attached hydrogens (tertiary/aromatic N) is 2. The molecule has 2 rings (SSSR count). The molecule has 1 fully saturated rings. The Bertz CT molecular complexity index is 267. The fraction of sp³-hybridized carbons (Fsp3) is 0.545. The molecule has 1 unspecified atom stereocenters. The molecule has 2 heterocycles. The molecule has 1 aliphatic rings. The highest BCUT2D eigenvalue weighted by molar-refractivity contribution is 5.43. The molecular formula is C11H17N3. The number of anilines is 1. The first-order chi connectivity index (χ1) is 6.88. The van der Waals surface area contributed by atoms with E-state index in [0.29, 0.717) is 6.04 Å². The van der Waals surface area contributed by atoms with E-state index in [-0.39, 0.29) is 0 Å². The number of nitrogens with one attached hydrogen (secondary N) is 1. The second-order valence-corrected chi connectivity index (χ2v) is 3.82. The summed E-state index contributed by atoms with van der Waals surface area (Å²) in [6.07, 6.45) is 6.29. The minimum Gasteiger partial charge on any atom is -0.369 e. The van der Waals surface area contributed by atoms with E-state index < -0.39 is 0 Å². The predicted octanol–water partition coefficient (Wildman–Crippen LogP) is 1.27. The van der Waals surface area contributed by atoms with Gasteiger partial charge in [-0.1, -0.05) is 0 Å². The van der Waals surface area contributed by atoms with Crippen LogP contribution in [0.25, 0.3) is 0 Å². The molecule has 14 heavy (non-hydrogen) atoms. The number of likely N-dealkylation sites (N-methyl/N-ethyl adjacent to an activating group) is 1. The summed E-state index contributed by atoms with van der Waals surface area (Å²) in [7, 11) is 2.15. The summed E-state index contributed by atoms with van der Waals surface area (Å²) in [6.45, 7) is 2.25. The van der Waals surface area contributed by atoms with Crippen LogP contribution in [0.3, 0.4) is 0 Å². The standard InChI is InChI=1S/C11H17N3/c1-14(10-4-2-6-12-8-10)11-5-3-7-13-9-11/h2,4,6,8,11,13H,3,5,7,9H2,1H3. The van der Waals surface area contributed by atoms with Crippen molar-refractivity contribution in [2.24, 2.45) is 0 Å². The van der Waals surface area contributed by atoms with Gasteiger partial charge in [0.25, 0.3) is 0 Å². The van der Waals surface area contributed by atoms with E-state index in [1.54, 1.807) is 0 Å². The van der Waals surface area contributed by atoms with Crippen molar-refractivity contribution in [2.45, 2.75) is 18.9 Å². The monoisotopic (exact) mass is 191 g/mol. The van der Waals surface area contributed by atoms with E-state index in [4.69, 9.17) is 0 Å². The maximum Gasteiger partial charge on any atom is 0.0553 e. The van der Waals surface area contributed by atoms with Crippen LogP contribution < -0.4 is 10.2 Å². The van der Waals surface area contributed by atoms with Crippen LogP contribution in [0, 0.1) is 0 Å². The summed E-state index contributed by atoms with van der Waals surface area (Å²) in [4.78, 5) is 6.46. The van der Waals surface area contributed by atoms with Gasteiger partial charge in [0.15, 0.2) is 0 Å². The van der Waals surface area contributed by atoms with Crippen LogP contribution in [0.2, 0.25) is 0 Å². The first-order valence-corrected chi connectivity index (χ1v) is 5.21. The number of pyridine rings is 1. The van der Waals surface area contributed by atoms with E-state index in [0.717, 1.165) is 13.1 Å². The lowest BCUT2D eigenvalue weighted by molar-refractivity contribution is 0.445. The Hall–Kier alpha value is -1.09. The number of piperidine rings is 1. The Morgan fingerprint density at radius 3 is 3.14 bits per heavy atom. The predicted molar refractivity (Wildman–Crippen MR) is 58.5 cm³/mol. The van der Waals surface area contributed by atoms with Crippen molar-refractivity contribution in [3.63, 3.8) is 0 Å². The van der Waals surface area contributed by atoms with Crippen LogP contribution in [0.5, 0.6) is 0 Å². The molecule has 0 amide bonds. The molecule has 3 nitrogen and oxygen atoms in total. The van der Waals surface area contributed by atoms with Crippen molar-refractivity contribution in [1.29, 1.82) is 0 Å². The van der Waals surface area contributed by atoms with Crippen LogP contribution in [0.15, 0.2) is 24.5 Å². The highest BCUT2D eigenvalue weighted by Crippen LogP contribution is 2.16. The molecule has 0 bridgehead atoms. The molecule has 0 radical (unpaired) electrons. The third-order valence-corrected chi connectivity index (χ3v) is 2.87. The molecule has 0 saturated carbocycles. The Labute approximate surface area is 85.1 Å². The summed E-state index contributed by atoms with van der Waals surface area (Å²) in [5.41, 5.74) is 1.21. The molecule has 0 aromatic carbocycles. The Kier molecular flexibility index (Phi) is 2.99. The largest absolute Gasteiger partial charge is 0.369 e. The van der Waals surface area contributed by atoms with Crippen LogP contribution >= 0.6 is 0 Å². The van der Waals surface area contributed by atoms with Gasteiger partial charge in [-0.25, -0.2) is 0 Å². The van der Waals surface area contributed by atoms with Gasteiger partial charge in [-0.15, -0.1) is 0 Å². The van der Waals surface area contributed by atoms with Crippen LogP contribution in [0.1, 0.15) is 12.8 Å². The molecule has 1 aliphatic heterocycles. The van der Waals surface area contributed by atoms with E-state index in [1.807, 2.05) is 18.5 Å². The van der Waals surface area contributed by atoms with Gasteiger partial charge in [0, 0.05) is 25.8 Å². The molecule has 0 spiro atoms. The van der Waals surface area contributed by atoms with Gasteiger partial charge >= 0.3 is 0 Å². The zero-order valence-electron chi connectivity index (χ0n) is 8.61. The van der Waals surface area contributed by atoms with Crippen molar-refractivity contribution in [1.82, 2.24) is 10.3 Å². The molecule has 1 atom stereocenters. The molecule has 1 aromatic heterocycles. The molecule has 1 N–H and O–H groups in total. The lowest BCUT2D eigenvalue weighted by Crippen LogP contribution is -2.44. The van der Waals surface area contributed by atoms with Gasteiger partial charge < -0.3 is 10.2 Å². The zero-order chi connectivity index (χ0) is 9.80. The highest BCUT2D eigenvalue weighted by atomic mass is 15.2. The summed E-state index contributed by atoms with van der Waals surface area (Å²) in [5.74, 6) is 0. The first kappa shape index (κ1) is 9.46. The molecule has 1 aromatic rings. The molecule has 3 heteroatoms. The van der Waals surface area contributed by atoms with Crippen LogP contribution in [-0.4, -0.2) is 31.2 Å². The minimum absolute atomic E-state index is 0.618. The highest BCUT2D eigenvalue weighted by Gasteiger charge is 2.17. The Balaban J connectivity index is 2.03. The summed E-state index contributed by atoms with van der Waals surface area (Å²) >= 11 is 0. The lowest BCUT2D eigenvalue weighted by Gasteiger charge is -2.33. The van der Waals surface area contributed by atoms with Crippen molar-refractivity contribution < 1.29 is 0 Å². The van der Waals surface area contributed by atoms with E-state index in [2.05, 4.69) is 28.3 Å². The topological polar surface area (TPSA) is 28.2 Å². The number of aromatic nitrogens is 1. The third-order valence-electron chi connectivity index (χ3n) is 2.87.